The number of nitrogens with one attached hydrogen (secondary N) is 1. The highest BCUT2D eigenvalue weighted by molar-refractivity contribution is 8.00. The van der Waals surface area contributed by atoms with E-state index in [1.165, 1.54) is 52.1 Å². The summed E-state index contributed by atoms with van der Waals surface area (Å²) in [5, 5.41) is 4.79. The van der Waals surface area contributed by atoms with E-state index in [1.807, 2.05) is 6.92 Å². The topological polar surface area (TPSA) is 38.3 Å². The van der Waals surface area contributed by atoms with Crippen molar-refractivity contribution in [2.24, 2.45) is 0 Å². The molecule has 2 saturated carbocycles. The van der Waals surface area contributed by atoms with Gasteiger partial charge >= 0.3 is 5.97 Å². The standard InChI is InChI=1S/C16H29NO2S/c1-12(20-14-7-5-4-6-8-14)11-16(2,15(18)19-3)17-13-9-10-13/h12-14,17H,4-11H2,1-3H3. The highest BCUT2D eigenvalue weighted by atomic mass is 32.2. The molecular weight excluding hydrogens is 270 g/mol. The normalized spacial score (nSPS) is 24.9. The Morgan fingerprint density at radius 2 is 1.95 bits per heavy atom. The van der Waals surface area contributed by atoms with Gasteiger partial charge in [0.05, 0.1) is 7.11 Å². The van der Waals surface area contributed by atoms with Crippen molar-refractivity contribution in [1.29, 1.82) is 0 Å². The number of carbonyl (C=O) groups is 1. The van der Waals surface area contributed by atoms with Gasteiger partial charge in [0.25, 0.3) is 0 Å². The van der Waals surface area contributed by atoms with Gasteiger partial charge in [0.2, 0.25) is 0 Å². The van der Waals surface area contributed by atoms with Crippen molar-refractivity contribution >= 4 is 17.7 Å². The van der Waals surface area contributed by atoms with Gasteiger partial charge in [0, 0.05) is 16.5 Å². The minimum atomic E-state index is -0.517. The fourth-order valence-electron chi connectivity index (χ4n) is 3.26. The summed E-state index contributed by atoms with van der Waals surface area (Å²) in [6.07, 6.45) is 10.1. The summed E-state index contributed by atoms with van der Waals surface area (Å²) in [7, 11) is 1.49. The molecule has 3 nitrogen and oxygen atoms in total. The predicted molar refractivity (Wildman–Crippen MR) is 85.1 cm³/mol. The Morgan fingerprint density at radius 3 is 2.50 bits per heavy atom. The van der Waals surface area contributed by atoms with Gasteiger partial charge in [0.15, 0.2) is 0 Å². The number of hydrogen-bond donors (Lipinski definition) is 1. The van der Waals surface area contributed by atoms with Gasteiger partial charge in [-0.1, -0.05) is 26.2 Å². The molecule has 0 aromatic carbocycles. The number of esters is 1. The van der Waals surface area contributed by atoms with Gasteiger partial charge in [-0.05, 0) is 39.0 Å². The summed E-state index contributed by atoms with van der Waals surface area (Å²) < 4.78 is 5.02. The minimum absolute atomic E-state index is 0.111. The zero-order valence-electron chi connectivity index (χ0n) is 13.1. The first kappa shape index (κ1) is 16.2. The maximum atomic E-state index is 12.1. The van der Waals surface area contributed by atoms with Gasteiger partial charge in [-0.15, -0.1) is 0 Å². The van der Waals surface area contributed by atoms with Crippen molar-refractivity contribution < 1.29 is 9.53 Å². The van der Waals surface area contributed by atoms with Crippen LogP contribution in [0.1, 0.15) is 65.2 Å². The minimum Gasteiger partial charge on any atom is -0.468 e. The largest absolute Gasteiger partial charge is 0.468 e. The van der Waals surface area contributed by atoms with Crippen LogP contribution in [0.3, 0.4) is 0 Å². The Kier molecular flexibility index (Phi) is 5.79. The molecule has 0 aliphatic heterocycles. The van der Waals surface area contributed by atoms with Gasteiger partial charge in [0.1, 0.15) is 5.54 Å². The third-order valence-electron chi connectivity index (χ3n) is 4.41. The summed E-state index contributed by atoms with van der Waals surface area (Å²) in [6, 6.07) is 0.519. The molecule has 2 aliphatic carbocycles. The second-order valence-corrected chi connectivity index (χ2v) is 8.40. The molecule has 0 heterocycles. The first-order chi connectivity index (χ1) is 9.53. The lowest BCUT2D eigenvalue weighted by atomic mass is 9.95. The van der Waals surface area contributed by atoms with Gasteiger partial charge in [-0.3, -0.25) is 10.1 Å². The highest BCUT2D eigenvalue weighted by Crippen LogP contribution is 2.35. The van der Waals surface area contributed by atoms with Gasteiger partial charge < -0.3 is 4.74 Å². The van der Waals surface area contributed by atoms with Crippen LogP contribution in [-0.4, -0.2) is 35.2 Å². The number of carbonyl (C=O) groups excluding carboxylic acids is 1. The van der Waals surface area contributed by atoms with Gasteiger partial charge in [-0.25, -0.2) is 0 Å². The molecule has 20 heavy (non-hydrogen) atoms. The van der Waals surface area contributed by atoms with E-state index in [2.05, 4.69) is 24.0 Å². The second-order valence-electron chi connectivity index (χ2n) is 6.65. The SMILES string of the molecule is COC(=O)C(C)(CC(C)SC1CCCCC1)NC1CC1. The van der Waals surface area contributed by atoms with Crippen LogP contribution in [0.15, 0.2) is 0 Å². The maximum Gasteiger partial charge on any atom is 0.325 e. The molecule has 2 aliphatic rings. The van der Waals surface area contributed by atoms with Crippen molar-refractivity contribution in [3.63, 3.8) is 0 Å². The Balaban J connectivity index is 1.86. The maximum absolute atomic E-state index is 12.1. The molecule has 0 aromatic heterocycles. The summed E-state index contributed by atoms with van der Waals surface area (Å²) in [4.78, 5) is 12.1. The van der Waals surface area contributed by atoms with Crippen molar-refractivity contribution in [3.8, 4) is 0 Å². The van der Waals surface area contributed by atoms with E-state index in [9.17, 15) is 4.79 Å². The molecule has 116 valence electrons. The highest BCUT2D eigenvalue weighted by Gasteiger charge is 2.40. The molecule has 0 radical (unpaired) electrons. The number of thioether (sulfide) groups is 1. The number of methoxy groups -OCH3 is 1. The zero-order chi connectivity index (χ0) is 14.6. The van der Waals surface area contributed by atoms with E-state index in [0.717, 1.165) is 11.7 Å². The van der Waals surface area contributed by atoms with Crippen LogP contribution < -0.4 is 5.32 Å². The average molecular weight is 299 g/mol. The van der Waals surface area contributed by atoms with Crippen molar-refractivity contribution in [2.75, 3.05) is 7.11 Å². The molecule has 2 fully saturated rings. The summed E-state index contributed by atoms with van der Waals surface area (Å²) >= 11 is 2.07. The molecule has 0 saturated heterocycles. The van der Waals surface area contributed by atoms with Crippen LogP contribution >= 0.6 is 11.8 Å². The Morgan fingerprint density at radius 1 is 1.30 bits per heavy atom. The van der Waals surface area contributed by atoms with E-state index in [0.29, 0.717) is 11.3 Å². The lowest BCUT2D eigenvalue weighted by Crippen LogP contribution is -2.52. The molecular formula is C16H29NO2S. The van der Waals surface area contributed by atoms with Crippen LogP contribution in [0.2, 0.25) is 0 Å². The molecule has 2 unspecified atom stereocenters. The van der Waals surface area contributed by atoms with E-state index >= 15 is 0 Å². The fraction of sp³-hybridized carbons (Fsp3) is 0.938. The van der Waals surface area contributed by atoms with Crippen molar-refractivity contribution in [2.45, 2.75) is 87.3 Å². The lowest BCUT2D eigenvalue weighted by molar-refractivity contribution is -0.148. The third kappa shape index (κ3) is 4.66. The molecule has 0 spiro atoms. The average Bonchev–Trinajstić information content (AvgIpc) is 3.22. The van der Waals surface area contributed by atoms with Crippen molar-refractivity contribution in [1.82, 2.24) is 5.32 Å². The lowest BCUT2D eigenvalue weighted by Gasteiger charge is -2.32. The molecule has 1 N–H and O–H groups in total. The van der Waals surface area contributed by atoms with E-state index in [1.54, 1.807) is 0 Å². The number of ether oxygens (including phenoxy) is 1. The summed E-state index contributed by atoms with van der Waals surface area (Å²) in [5.74, 6) is -0.111. The first-order valence-electron chi connectivity index (χ1n) is 8.05. The molecule has 2 atom stereocenters. The molecule has 0 amide bonds. The Labute approximate surface area is 127 Å². The van der Waals surface area contributed by atoms with E-state index < -0.39 is 5.54 Å². The zero-order valence-corrected chi connectivity index (χ0v) is 13.9. The van der Waals surface area contributed by atoms with E-state index in [-0.39, 0.29) is 5.97 Å². The molecule has 2 rings (SSSR count). The predicted octanol–water partition coefficient (Wildman–Crippen LogP) is 3.51. The fourth-order valence-corrected chi connectivity index (χ4v) is 4.95. The Hall–Kier alpha value is -0.220. The second kappa shape index (κ2) is 7.17. The van der Waals surface area contributed by atoms with Crippen LogP contribution in [0, 0.1) is 0 Å². The van der Waals surface area contributed by atoms with Crippen molar-refractivity contribution in [3.05, 3.63) is 0 Å². The molecule has 4 heteroatoms. The van der Waals surface area contributed by atoms with Crippen LogP contribution in [0.25, 0.3) is 0 Å². The Bertz CT molecular complexity index is 326. The first-order valence-corrected chi connectivity index (χ1v) is 8.99. The molecule has 0 aromatic rings. The van der Waals surface area contributed by atoms with Crippen LogP contribution in [0.4, 0.5) is 0 Å². The quantitative estimate of drug-likeness (QED) is 0.730. The summed E-state index contributed by atoms with van der Waals surface area (Å²) in [6.45, 7) is 4.27. The monoisotopic (exact) mass is 299 g/mol. The van der Waals surface area contributed by atoms with Gasteiger partial charge in [-0.2, -0.15) is 11.8 Å². The summed E-state index contributed by atoms with van der Waals surface area (Å²) in [5.41, 5.74) is -0.517. The third-order valence-corrected chi connectivity index (χ3v) is 5.90. The smallest absolute Gasteiger partial charge is 0.325 e. The van der Waals surface area contributed by atoms with Crippen LogP contribution in [-0.2, 0) is 9.53 Å². The van der Waals surface area contributed by atoms with Crippen LogP contribution in [0.5, 0.6) is 0 Å². The molecule has 0 bridgehead atoms. The van der Waals surface area contributed by atoms with E-state index in [4.69, 9.17) is 4.74 Å². The number of rotatable bonds is 7. The number of hydrogen-bond acceptors (Lipinski definition) is 4.